The highest BCUT2D eigenvalue weighted by atomic mass is 35.5. The second-order valence-corrected chi connectivity index (χ2v) is 7.41. The summed E-state index contributed by atoms with van der Waals surface area (Å²) in [5.41, 5.74) is 2.72. The van der Waals surface area contributed by atoms with E-state index in [4.69, 9.17) is 16.3 Å². The van der Waals surface area contributed by atoms with Gasteiger partial charge < -0.3 is 9.72 Å². The topological polar surface area (TPSA) is 79.5 Å². The van der Waals surface area contributed by atoms with E-state index in [-0.39, 0.29) is 6.61 Å². The minimum atomic E-state index is -0.978. The number of aryl methyl sites for hydroxylation is 1. The monoisotopic (exact) mass is 410 g/mol. The predicted molar refractivity (Wildman–Crippen MR) is 109 cm³/mol. The number of esters is 1. The van der Waals surface area contributed by atoms with Crippen molar-refractivity contribution in [2.75, 3.05) is 6.61 Å². The van der Waals surface area contributed by atoms with Gasteiger partial charge in [0, 0.05) is 22.1 Å². The molecule has 0 spiro atoms. The molecule has 148 valence electrons. The van der Waals surface area contributed by atoms with E-state index in [1.165, 1.54) is 6.92 Å². The number of ether oxygens (including phenoxy) is 1. The number of nitrogens with zero attached hydrogens (tertiary/aromatic N) is 1. The summed E-state index contributed by atoms with van der Waals surface area (Å²) in [6.07, 6.45) is 3.24. The predicted octanol–water partition coefficient (Wildman–Crippen LogP) is 3.98. The summed E-state index contributed by atoms with van der Waals surface area (Å²) in [6, 6.07) is 11.2. The fraction of sp³-hybridized carbons (Fsp3) is 0.227. The third kappa shape index (κ3) is 3.51. The van der Waals surface area contributed by atoms with E-state index in [0.29, 0.717) is 29.0 Å². The van der Waals surface area contributed by atoms with Crippen molar-refractivity contribution in [2.24, 2.45) is 0 Å². The minimum Gasteiger partial charge on any atom is -0.464 e. The molecular weight excluding hydrogens is 392 g/mol. The van der Waals surface area contributed by atoms with Gasteiger partial charge in [-0.2, -0.15) is 0 Å². The number of fused-ring (bicyclic) bond motifs is 2. The Bertz CT molecular complexity index is 1090. The lowest BCUT2D eigenvalue weighted by Crippen LogP contribution is -2.43. The zero-order valence-electron chi connectivity index (χ0n) is 15.8. The molecule has 2 aromatic carbocycles. The molecule has 0 saturated carbocycles. The number of carbonyl (C=O) groups is 3. The van der Waals surface area contributed by atoms with E-state index in [1.54, 1.807) is 24.3 Å². The first kappa shape index (κ1) is 19.2. The van der Waals surface area contributed by atoms with Crippen LogP contribution in [0.2, 0.25) is 5.02 Å². The Morgan fingerprint density at radius 1 is 1.14 bits per heavy atom. The molecule has 1 aliphatic heterocycles. The molecule has 4 rings (SSSR count). The largest absolute Gasteiger partial charge is 0.464 e. The molecule has 3 aromatic rings. The molecule has 1 aromatic heterocycles. The van der Waals surface area contributed by atoms with Crippen LogP contribution < -0.4 is 0 Å². The first-order chi connectivity index (χ1) is 14.0. The van der Waals surface area contributed by atoms with Crippen LogP contribution in [-0.4, -0.2) is 40.3 Å². The SMILES string of the molecule is CC(C(=O)OCCCc1c[nH]c2ccc(Cl)cc12)N1C(=O)c2ccccc2C1=O. The fourth-order valence-corrected chi connectivity index (χ4v) is 3.75. The van der Waals surface area contributed by atoms with Gasteiger partial charge in [-0.1, -0.05) is 23.7 Å². The molecule has 1 N–H and O–H groups in total. The Hall–Kier alpha value is -3.12. The van der Waals surface area contributed by atoms with Crippen molar-refractivity contribution in [1.29, 1.82) is 0 Å². The molecule has 1 atom stereocenters. The van der Waals surface area contributed by atoms with E-state index in [1.807, 2.05) is 24.4 Å². The number of halogens is 1. The van der Waals surface area contributed by atoms with E-state index in [0.717, 1.165) is 21.4 Å². The fourth-order valence-electron chi connectivity index (χ4n) is 3.58. The Kier molecular flexibility index (Phi) is 5.11. The van der Waals surface area contributed by atoms with Crippen molar-refractivity contribution in [2.45, 2.75) is 25.8 Å². The number of carbonyl (C=O) groups excluding carboxylic acids is 3. The van der Waals surface area contributed by atoms with Crippen LogP contribution >= 0.6 is 11.6 Å². The molecule has 1 aliphatic rings. The Balaban J connectivity index is 1.33. The summed E-state index contributed by atoms with van der Waals surface area (Å²) < 4.78 is 5.32. The second-order valence-electron chi connectivity index (χ2n) is 6.98. The van der Waals surface area contributed by atoms with Gasteiger partial charge in [-0.05, 0) is 55.7 Å². The van der Waals surface area contributed by atoms with Crippen LogP contribution in [0.15, 0.2) is 48.7 Å². The summed E-state index contributed by atoms with van der Waals surface area (Å²) in [5, 5.41) is 1.71. The van der Waals surface area contributed by atoms with Crippen molar-refractivity contribution in [3.63, 3.8) is 0 Å². The minimum absolute atomic E-state index is 0.194. The quantitative estimate of drug-likeness (QED) is 0.378. The molecule has 0 saturated heterocycles. The van der Waals surface area contributed by atoms with Crippen LogP contribution in [0.25, 0.3) is 10.9 Å². The first-order valence-corrected chi connectivity index (χ1v) is 9.74. The normalized spacial score (nSPS) is 14.3. The smallest absolute Gasteiger partial charge is 0.329 e. The summed E-state index contributed by atoms with van der Waals surface area (Å²) in [6.45, 7) is 1.70. The summed E-state index contributed by atoms with van der Waals surface area (Å²) in [5.74, 6) is -1.53. The van der Waals surface area contributed by atoms with Crippen LogP contribution in [0.4, 0.5) is 0 Å². The van der Waals surface area contributed by atoms with Gasteiger partial charge in [0.25, 0.3) is 11.8 Å². The van der Waals surface area contributed by atoms with Crippen LogP contribution in [0.3, 0.4) is 0 Å². The maximum Gasteiger partial charge on any atom is 0.329 e. The highest BCUT2D eigenvalue weighted by Gasteiger charge is 2.41. The number of hydrogen-bond donors (Lipinski definition) is 1. The Labute approximate surface area is 172 Å². The molecule has 0 bridgehead atoms. The van der Waals surface area contributed by atoms with Gasteiger partial charge >= 0.3 is 5.97 Å². The standard InChI is InChI=1S/C22H19ClN2O4/c1-13(25-20(26)16-6-2-3-7-17(16)21(25)27)22(28)29-10-4-5-14-12-24-19-9-8-15(23)11-18(14)19/h2-3,6-9,11-13,24H,4-5,10H2,1H3. The highest BCUT2D eigenvalue weighted by Crippen LogP contribution is 2.25. The number of hydrogen-bond acceptors (Lipinski definition) is 4. The average molecular weight is 411 g/mol. The molecule has 7 heteroatoms. The second kappa shape index (κ2) is 7.72. The summed E-state index contributed by atoms with van der Waals surface area (Å²) >= 11 is 6.06. The van der Waals surface area contributed by atoms with Gasteiger partial charge in [-0.15, -0.1) is 0 Å². The number of amides is 2. The third-order valence-electron chi connectivity index (χ3n) is 5.12. The number of nitrogens with one attached hydrogen (secondary N) is 1. The van der Waals surface area contributed by atoms with Crippen molar-refractivity contribution in [3.05, 3.63) is 70.4 Å². The van der Waals surface area contributed by atoms with Crippen molar-refractivity contribution in [3.8, 4) is 0 Å². The van der Waals surface area contributed by atoms with E-state index < -0.39 is 23.8 Å². The number of H-pyrrole nitrogens is 1. The van der Waals surface area contributed by atoms with Gasteiger partial charge in [0.15, 0.2) is 0 Å². The molecule has 2 heterocycles. The summed E-state index contributed by atoms with van der Waals surface area (Å²) in [7, 11) is 0. The van der Waals surface area contributed by atoms with Crippen LogP contribution in [-0.2, 0) is 16.0 Å². The third-order valence-corrected chi connectivity index (χ3v) is 5.35. The number of benzene rings is 2. The van der Waals surface area contributed by atoms with Crippen LogP contribution in [0.1, 0.15) is 39.6 Å². The van der Waals surface area contributed by atoms with Gasteiger partial charge in [0.2, 0.25) is 0 Å². The molecule has 2 amide bonds. The number of rotatable bonds is 6. The maximum atomic E-state index is 12.5. The van der Waals surface area contributed by atoms with E-state index in [2.05, 4.69) is 4.98 Å². The Morgan fingerprint density at radius 2 is 1.83 bits per heavy atom. The van der Waals surface area contributed by atoms with Crippen LogP contribution in [0, 0.1) is 0 Å². The zero-order chi connectivity index (χ0) is 20.5. The molecule has 0 aliphatic carbocycles. The molecular formula is C22H19ClN2O4. The lowest BCUT2D eigenvalue weighted by molar-refractivity contribution is -0.147. The summed E-state index contributed by atoms with van der Waals surface area (Å²) in [4.78, 5) is 41.5. The van der Waals surface area contributed by atoms with E-state index in [9.17, 15) is 14.4 Å². The first-order valence-electron chi connectivity index (χ1n) is 9.36. The molecule has 0 fully saturated rings. The number of imide groups is 1. The number of aromatic amines is 1. The maximum absolute atomic E-state index is 12.5. The molecule has 0 radical (unpaired) electrons. The van der Waals surface area contributed by atoms with Gasteiger partial charge in [0.05, 0.1) is 17.7 Å². The molecule has 1 unspecified atom stereocenters. The van der Waals surface area contributed by atoms with Crippen molar-refractivity contribution in [1.82, 2.24) is 9.88 Å². The van der Waals surface area contributed by atoms with Crippen LogP contribution in [0.5, 0.6) is 0 Å². The average Bonchev–Trinajstić information content (AvgIpc) is 3.23. The zero-order valence-corrected chi connectivity index (χ0v) is 16.5. The van der Waals surface area contributed by atoms with Gasteiger partial charge in [-0.3, -0.25) is 14.5 Å². The highest BCUT2D eigenvalue weighted by molar-refractivity contribution is 6.31. The van der Waals surface area contributed by atoms with Gasteiger partial charge in [-0.25, -0.2) is 4.79 Å². The lowest BCUT2D eigenvalue weighted by atomic mass is 10.1. The molecule has 29 heavy (non-hydrogen) atoms. The Morgan fingerprint density at radius 3 is 2.52 bits per heavy atom. The van der Waals surface area contributed by atoms with Gasteiger partial charge in [0.1, 0.15) is 6.04 Å². The van der Waals surface area contributed by atoms with E-state index >= 15 is 0 Å². The van der Waals surface area contributed by atoms with Crippen molar-refractivity contribution < 1.29 is 19.1 Å². The number of aromatic nitrogens is 1. The lowest BCUT2D eigenvalue weighted by Gasteiger charge is -2.20. The molecule has 6 nitrogen and oxygen atoms in total. The van der Waals surface area contributed by atoms with Crippen molar-refractivity contribution >= 4 is 40.3 Å².